The molecule has 0 aromatic carbocycles. The minimum Gasteiger partial charge on any atom is -0.350 e. The molecule has 1 saturated heterocycles. The van der Waals surface area contributed by atoms with E-state index in [1.165, 1.54) is 0 Å². The Bertz CT molecular complexity index is 386. The first-order chi connectivity index (χ1) is 8.40. The molecule has 0 spiro atoms. The molecule has 6 heteroatoms. The lowest BCUT2D eigenvalue weighted by Gasteiger charge is -2.13. The first kappa shape index (κ1) is 11.9. The molecule has 0 radical (unpaired) electrons. The van der Waals surface area contributed by atoms with Crippen molar-refractivity contribution in [2.24, 2.45) is 5.11 Å². The quantitative estimate of drug-likeness (QED) is 0.446. The summed E-state index contributed by atoms with van der Waals surface area (Å²) in [5.74, 6) is 0. The summed E-state index contributed by atoms with van der Waals surface area (Å²) in [6.07, 6.45) is 4.66. The third-order valence-electron chi connectivity index (χ3n) is 2.63. The zero-order valence-corrected chi connectivity index (χ0v) is 9.40. The first-order valence-corrected chi connectivity index (χ1v) is 5.57. The summed E-state index contributed by atoms with van der Waals surface area (Å²) in [6, 6.07) is 3.53. The van der Waals surface area contributed by atoms with Crippen LogP contribution in [0.2, 0.25) is 0 Å². The van der Waals surface area contributed by atoms with E-state index in [9.17, 15) is 0 Å². The van der Waals surface area contributed by atoms with Gasteiger partial charge in [0.1, 0.15) is 0 Å². The van der Waals surface area contributed by atoms with Crippen LogP contribution in [0.4, 0.5) is 0 Å². The van der Waals surface area contributed by atoms with Crippen molar-refractivity contribution in [3.8, 4) is 0 Å². The van der Waals surface area contributed by atoms with Gasteiger partial charge in [-0.15, -0.1) is 0 Å². The molecule has 1 aromatic heterocycles. The fraction of sp³-hybridized carbons (Fsp3) is 0.545. The largest absolute Gasteiger partial charge is 0.350 e. The zero-order chi connectivity index (χ0) is 11.9. The van der Waals surface area contributed by atoms with Crippen molar-refractivity contribution in [1.82, 2.24) is 4.98 Å². The standard InChI is InChI=1S/C11H14N4O2/c12-15-14-10(9-2-1-5-13-8-9)3-4-11-16-6-7-17-11/h1-2,5,8,10-11H,3-4,6-7H2. The number of aromatic nitrogens is 1. The predicted octanol–water partition coefficient (Wildman–Crippen LogP) is 2.59. The summed E-state index contributed by atoms with van der Waals surface area (Å²) in [6.45, 7) is 1.29. The van der Waals surface area contributed by atoms with Gasteiger partial charge < -0.3 is 9.47 Å². The Balaban J connectivity index is 1.95. The highest BCUT2D eigenvalue weighted by Crippen LogP contribution is 2.24. The molecule has 2 rings (SSSR count). The molecule has 1 aromatic rings. The van der Waals surface area contributed by atoms with Gasteiger partial charge in [0, 0.05) is 17.3 Å². The van der Waals surface area contributed by atoms with Crippen LogP contribution in [0.25, 0.3) is 10.4 Å². The van der Waals surface area contributed by atoms with E-state index in [4.69, 9.17) is 15.0 Å². The van der Waals surface area contributed by atoms with Crippen LogP contribution in [0.15, 0.2) is 29.6 Å². The van der Waals surface area contributed by atoms with Gasteiger partial charge >= 0.3 is 0 Å². The highest BCUT2D eigenvalue weighted by Gasteiger charge is 2.18. The van der Waals surface area contributed by atoms with Gasteiger partial charge in [-0.2, -0.15) is 0 Å². The maximum absolute atomic E-state index is 8.57. The molecule has 1 atom stereocenters. The van der Waals surface area contributed by atoms with Crippen LogP contribution >= 0.6 is 0 Å². The number of hydrogen-bond acceptors (Lipinski definition) is 4. The topological polar surface area (TPSA) is 80.1 Å². The van der Waals surface area contributed by atoms with Crippen LogP contribution in [0, 0.1) is 0 Å². The Kier molecular flexibility index (Phi) is 4.32. The van der Waals surface area contributed by atoms with Gasteiger partial charge in [-0.1, -0.05) is 11.2 Å². The lowest BCUT2D eigenvalue weighted by atomic mass is 10.0. The van der Waals surface area contributed by atoms with Crippen molar-refractivity contribution < 1.29 is 9.47 Å². The van der Waals surface area contributed by atoms with Crippen LogP contribution in [-0.4, -0.2) is 24.5 Å². The van der Waals surface area contributed by atoms with Gasteiger partial charge in [0.2, 0.25) is 0 Å². The van der Waals surface area contributed by atoms with Crippen molar-refractivity contribution >= 4 is 0 Å². The summed E-state index contributed by atoms with van der Waals surface area (Å²) < 4.78 is 10.7. The highest BCUT2D eigenvalue weighted by atomic mass is 16.7. The maximum atomic E-state index is 8.57. The van der Waals surface area contributed by atoms with E-state index in [1.54, 1.807) is 12.4 Å². The van der Waals surface area contributed by atoms with Crippen LogP contribution in [0.1, 0.15) is 24.4 Å². The van der Waals surface area contributed by atoms with E-state index in [0.717, 1.165) is 12.0 Å². The van der Waals surface area contributed by atoms with Gasteiger partial charge in [0.25, 0.3) is 0 Å². The van der Waals surface area contributed by atoms with Crippen LogP contribution in [-0.2, 0) is 9.47 Å². The molecule has 0 bridgehead atoms. The zero-order valence-electron chi connectivity index (χ0n) is 9.40. The molecular weight excluding hydrogens is 220 g/mol. The average Bonchev–Trinajstić information content (AvgIpc) is 2.88. The van der Waals surface area contributed by atoms with Gasteiger partial charge in [-0.3, -0.25) is 4.98 Å². The van der Waals surface area contributed by atoms with Gasteiger partial charge in [-0.05, 0) is 30.0 Å². The number of azide groups is 1. The fourth-order valence-corrected chi connectivity index (χ4v) is 1.79. The van der Waals surface area contributed by atoms with Crippen molar-refractivity contribution in [1.29, 1.82) is 0 Å². The molecule has 0 amide bonds. The molecule has 17 heavy (non-hydrogen) atoms. The van der Waals surface area contributed by atoms with E-state index in [2.05, 4.69) is 15.0 Å². The lowest BCUT2D eigenvalue weighted by molar-refractivity contribution is -0.0486. The van der Waals surface area contributed by atoms with Gasteiger partial charge in [-0.25, -0.2) is 0 Å². The average molecular weight is 234 g/mol. The summed E-state index contributed by atoms with van der Waals surface area (Å²) in [4.78, 5) is 6.90. The summed E-state index contributed by atoms with van der Waals surface area (Å²) in [5, 5.41) is 3.78. The Hall–Kier alpha value is -1.62. The van der Waals surface area contributed by atoms with Crippen molar-refractivity contribution in [2.75, 3.05) is 13.2 Å². The molecule has 1 aliphatic heterocycles. The monoisotopic (exact) mass is 234 g/mol. The summed E-state index contributed by atoms with van der Waals surface area (Å²) in [5.41, 5.74) is 9.49. The first-order valence-electron chi connectivity index (χ1n) is 5.57. The maximum Gasteiger partial charge on any atom is 0.157 e. The Morgan fingerprint density at radius 3 is 3.00 bits per heavy atom. The van der Waals surface area contributed by atoms with E-state index in [1.807, 2.05) is 12.1 Å². The molecule has 1 aliphatic rings. The number of nitrogens with zero attached hydrogens (tertiary/aromatic N) is 4. The molecule has 1 unspecified atom stereocenters. The van der Waals surface area contributed by atoms with Crippen LogP contribution < -0.4 is 0 Å². The fourth-order valence-electron chi connectivity index (χ4n) is 1.79. The van der Waals surface area contributed by atoms with Crippen LogP contribution in [0.3, 0.4) is 0 Å². The molecule has 0 saturated carbocycles. The highest BCUT2D eigenvalue weighted by molar-refractivity contribution is 5.13. The molecule has 0 N–H and O–H groups in total. The number of hydrogen-bond donors (Lipinski definition) is 0. The number of pyridine rings is 1. The predicted molar refractivity (Wildman–Crippen MR) is 61.1 cm³/mol. The number of rotatable bonds is 5. The lowest BCUT2D eigenvalue weighted by Crippen LogP contribution is -2.09. The minimum absolute atomic E-state index is 0.164. The molecule has 90 valence electrons. The smallest absolute Gasteiger partial charge is 0.157 e. The third kappa shape index (κ3) is 3.42. The molecule has 6 nitrogen and oxygen atoms in total. The molecular formula is C11H14N4O2. The molecule has 2 heterocycles. The third-order valence-corrected chi connectivity index (χ3v) is 2.63. The van der Waals surface area contributed by atoms with Gasteiger partial charge in [0.15, 0.2) is 6.29 Å². The van der Waals surface area contributed by atoms with Crippen molar-refractivity contribution in [3.63, 3.8) is 0 Å². The minimum atomic E-state index is -0.207. The normalized spacial score (nSPS) is 17.6. The Morgan fingerprint density at radius 2 is 2.35 bits per heavy atom. The van der Waals surface area contributed by atoms with Crippen molar-refractivity contribution in [2.45, 2.75) is 25.2 Å². The second-order valence-corrected chi connectivity index (χ2v) is 3.76. The van der Waals surface area contributed by atoms with Crippen molar-refractivity contribution in [3.05, 3.63) is 40.5 Å². The Morgan fingerprint density at radius 1 is 1.53 bits per heavy atom. The second-order valence-electron chi connectivity index (χ2n) is 3.76. The van der Waals surface area contributed by atoms with E-state index in [-0.39, 0.29) is 12.3 Å². The van der Waals surface area contributed by atoms with E-state index < -0.39 is 0 Å². The Labute approximate surface area is 99.2 Å². The number of ether oxygens (including phenoxy) is 2. The van der Waals surface area contributed by atoms with Crippen LogP contribution in [0.5, 0.6) is 0 Å². The van der Waals surface area contributed by atoms with E-state index in [0.29, 0.717) is 19.6 Å². The second kappa shape index (κ2) is 6.20. The molecule has 0 aliphatic carbocycles. The molecule has 1 fully saturated rings. The van der Waals surface area contributed by atoms with E-state index >= 15 is 0 Å². The summed E-state index contributed by atoms with van der Waals surface area (Å²) >= 11 is 0. The van der Waals surface area contributed by atoms with Gasteiger partial charge in [0.05, 0.1) is 19.3 Å². The summed E-state index contributed by atoms with van der Waals surface area (Å²) in [7, 11) is 0. The SMILES string of the molecule is [N-]=[N+]=NC(CCC1OCCO1)c1cccnc1.